The number of halogens is 1. The first kappa shape index (κ1) is 12.6. The van der Waals surface area contributed by atoms with E-state index in [0.29, 0.717) is 0 Å². The lowest BCUT2D eigenvalue weighted by Gasteiger charge is -2.12. The Bertz CT molecular complexity index is 545. The highest BCUT2D eigenvalue weighted by Crippen LogP contribution is 2.30. The van der Waals surface area contributed by atoms with Crippen molar-refractivity contribution >= 4 is 22.6 Å². The van der Waals surface area contributed by atoms with Crippen LogP contribution in [0.5, 0.6) is 0 Å². The third-order valence-electron chi connectivity index (χ3n) is 3.14. The van der Waals surface area contributed by atoms with Crippen LogP contribution in [0.15, 0.2) is 30.3 Å². The maximum Gasteiger partial charge on any atom is 0.0165 e. The molecule has 17 heavy (non-hydrogen) atoms. The zero-order valence-corrected chi connectivity index (χ0v) is 12.9. The molecule has 2 rings (SSSR count). The van der Waals surface area contributed by atoms with E-state index < -0.39 is 0 Å². The maximum absolute atomic E-state index is 2.41. The fourth-order valence-corrected chi connectivity index (χ4v) is 2.90. The summed E-state index contributed by atoms with van der Waals surface area (Å²) in [4.78, 5) is 0. The van der Waals surface area contributed by atoms with Crippen molar-refractivity contribution in [2.24, 2.45) is 0 Å². The van der Waals surface area contributed by atoms with E-state index >= 15 is 0 Å². The summed E-state index contributed by atoms with van der Waals surface area (Å²) in [5.74, 6) is 0. The van der Waals surface area contributed by atoms with Crippen LogP contribution in [-0.4, -0.2) is 0 Å². The molecule has 0 aliphatic heterocycles. The Morgan fingerprint density at radius 2 is 1.35 bits per heavy atom. The third-order valence-corrected chi connectivity index (χ3v) is 4.30. The quantitative estimate of drug-likeness (QED) is 0.629. The average Bonchev–Trinajstić information content (AvgIpc) is 2.21. The lowest BCUT2D eigenvalue weighted by Crippen LogP contribution is -1.91. The minimum Gasteiger partial charge on any atom is -0.0577 e. The number of hydrogen-bond acceptors (Lipinski definition) is 0. The molecule has 0 N–H and O–H groups in total. The van der Waals surface area contributed by atoms with Gasteiger partial charge in [-0.05, 0) is 84.2 Å². The van der Waals surface area contributed by atoms with Gasteiger partial charge in [0.15, 0.2) is 0 Å². The zero-order valence-electron chi connectivity index (χ0n) is 10.8. The largest absolute Gasteiger partial charge is 0.0577 e. The second-order valence-corrected chi connectivity index (χ2v) is 5.90. The highest BCUT2D eigenvalue weighted by molar-refractivity contribution is 14.1. The van der Waals surface area contributed by atoms with Crippen LogP contribution < -0.4 is 0 Å². The fourth-order valence-electron chi connectivity index (χ4n) is 2.38. The van der Waals surface area contributed by atoms with Crippen LogP contribution in [0.25, 0.3) is 11.1 Å². The third kappa shape index (κ3) is 2.54. The van der Waals surface area contributed by atoms with Crippen LogP contribution in [0.1, 0.15) is 22.3 Å². The van der Waals surface area contributed by atoms with Gasteiger partial charge in [0.2, 0.25) is 0 Å². The zero-order chi connectivity index (χ0) is 12.6. The van der Waals surface area contributed by atoms with Crippen LogP contribution >= 0.6 is 22.6 Å². The molecule has 2 aromatic rings. The van der Waals surface area contributed by atoms with E-state index in [1.165, 1.54) is 37.0 Å². The lowest BCUT2D eigenvalue weighted by atomic mass is 9.93. The van der Waals surface area contributed by atoms with Gasteiger partial charge in [0.05, 0.1) is 0 Å². The molecule has 0 nitrogen and oxygen atoms in total. The van der Waals surface area contributed by atoms with Crippen molar-refractivity contribution in [2.45, 2.75) is 27.7 Å². The van der Waals surface area contributed by atoms with Gasteiger partial charge in [0, 0.05) is 3.57 Å². The first-order valence-corrected chi connectivity index (χ1v) is 6.91. The summed E-state index contributed by atoms with van der Waals surface area (Å²) in [6, 6.07) is 11.2. The fraction of sp³-hybridized carbons (Fsp3) is 0.250. The van der Waals surface area contributed by atoms with Crippen molar-refractivity contribution in [1.82, 2.24) is 0 Å². The Hall–Kier alpha value is -0.830. The molecule has 0 spiro atoms. The molecular weight excluding hydrogens is 319 g/mol. The molecule has 2 aromatic carbocycles. The molecule has 0 fully saturated rings. The summed E-state index contributed by atoms with van der Waals surface area (Å²) in [6.45, 7) is 8.70. The molecule has 88 valence electrons. The molecule has 0 unspecified atom stereocenters. The molecule has 0 radical (unpaired) electrons. The highest BCUT2D eigenvalue weighted by atomic mass is 127. The minimum absolute atomic E-state index is 1.33. The molecule has 0 aliphatic carbocycles. The molecule has 0 saturated heterocycles. The first-order valence-electron chi connectivity index (χ1n) is 5.83. The minimum atomic E-state index is 1.33. The lowest BCUT2D eigenvalue weighted by molar-refractivity contribution is 1.31. The van der Waals surface area contributed by atoms with Crippen molar-refractivity contribution in [3.63, 3.8) is 0 Å². The Morgan fingerprint density at radius 1 is 0.765 bits per heavy atom. The Morgan fingerprint density at radius 3 is 1.88 bits per heavy atom. The Balaban J connectivity index is 2.64. The normalized spacial score (nSPS) is 10.6. The number of aryl methyl sites for hydroxylation is 4. The highest BCUT2D eigenvalue weighted by Gasteiger charge is 2.07. The van der Waals surface area contributed by atoms with Gasteiger partial charge in [0.25, 0.3) is 0 Å². The van der Waals surface area contributed by atoms with Gasteiger partial charge < -0.3 is 0 Å². The summed E-state index contributed by atoms with van der Waals surface area (Å²) < 4.78 is 1.33. The van der Waals surface area contributed by atoms with Crippen molar-refractivity contribution in [3.8, 4) is 11.1 Å². The van der Waals surface area contributed by atoms with E-state index in [-0.39, 0.29) is 0 Å². The van der Waals surface area contributed by atoms with Gasteiger partial charge in [-0.1, -0.05) is 29.8 Å². The molecule has 0 aromatic heterocycles. The number of rotatable bonds is 1. The van der Waals surface area contributed by atoms with Crippen molar-refractivity contribution in [1.29, 1.82) is 0 Å². The Labute approximate surface area is 117 Å². The molecular formula is C16H17I. The smallest absolute Gasteiger partial charge is 0.0165 e. The predicted molar refractivity (Wildman–Crippen MR) is 83.5 cm³/mol. The van der Waals surface area contributed by atoms with Crippen molar-refractivity contribution in [3.05, 3.63) is 56.2 Å². The van der Waals surface area contributed by atoms with Gasteiger partial charge in [-0.25, -0.2) is 0 Å². The summed E-state index contributed by atoms with van der Waals surface area (Å²) in [7, 11) is 0. The van der Waals surface area contributed by atoms with Crippen LogP contribution in [0.2, 0.25) is 0 Å². The molecule has 0 bridgehead atoms. The first-order chi connectivity index (χ1) is 7.99. The second kappa shape index (κ2) is 4.81. The molecule has 0 atom stereocenters. The van der Waals surface area contributed by atoms with Crippen molar-refractivity contribution < 1.29 is 0 Å². The molecule has 1 heteroatoms. The molecule has 0 aliphatic rings. The Kier molecular flexibility index (Phi) is 3.57. The monoisotopic (exact) mass is 336 g/mol. The number of hydrogen-bond donors (Lipinski definition) is 0. The summed E-state index contributed by atoms with van der Waals surface area (Å²) in [5, 5.41) is 0. The van der Waals surface area contributed by atoms with Gasteiger partial charge in [0.1, 0.15) is 0 Å². The van der Waals surface area contributed by atoms with Crippen molar-refractivity contribution in [2.75, 3.05) is 0 Å². The van der Waals surface area contributed by atoms with Crippen LogP contribution in [0.4, 0.5) is 0 Å². The van der Waals surface area contributed by atoms with Crippen LogP contribution in [0.3, 0.4) is 0 Å². The van der Waals surface area contributed by atoms with E-state index in [4.69, 9.17) is 0 Å². The number of benzene rings is 2. The van der Waals surface area contributed by atoms with E-state index in [1.807, 2.05) is 0 Å². The van der Waals surface area contributed by atoms with Gasteiger partial charge in [-0.2, -0.15) is 0 Å². The topological polar surface area (TPSA) is 0 Å². The standard InChI is InChI=1S/C16H17I/c1-10-7-12(3)16(13(4)8-10)14-6-5-11(2)15(17)9-14/h5-9H,1-4H3. The van der Waals surface area contributed by atoms with E-state index in [2.05, 4.69) is 80.6 Å². The predicted octanol–water partition coefficient (Wildman–Crippen LogP) is 5.19. The van der Waals surface area contributed by atoms with E-state index in [9.17, 15) is 0 Å². The molecule has 0 amide bonds. The van der Waals surface area contributed by atoms with Gasteiger partial charge in [-0.3, -0.25) is 0 Å². The van der Waals surface area contributed by atoms with E-state index in [1.54, 1.807) is 0 Å². The summed E-state index contributed by atoms with van der Waals surface area (Å²) >= 11 is 2.41. The summed E-state index contributed by atoms with van der Waals surface area (Å²) in [6.07, 6.45) is 0. The average molecular weight is 336 g/mol. The SMILES string of the molecule is Cc1cc(C)c(-c2ccc(C)c(I)c2)c(C)c1. The molecule has 0 saturated carbocycles. The molecule has 0 heterocycles. The summed E-state index contributed by atoms with van der Waals surface area (Å²) in [5.41, 5.74) is 8.12. The van der Waals surface area contributed by atoms with Gasteiger partial charge in [-0.15, -0.1) is 0 Å². The maximum atomic E-state index is 2.41. The van der Waals surface area contributed by atoms with Crippen LogP contribution in [0, 0.1) is 31.3 Å². The van der Waals surface area contributed by atoms with Crippen LogP contribution in [-0.2, 0) is 0 Å². The van der Waals surface area contributed by atoms with E-state index in [0.717, 1.165) is 0 Å². The second-order valence-electron chi connectivity index (χ2n) is 4.74. The van der Waals surface area contributed by atoms with Gasteiger partial charge >= 0.3 is 0 Å².